The highest BCUT2D eigenvalue weighted by molar-refractivity contribution is 7.92. The molecule has 3 rings (SSSR count). The minimum Gasteiger partial charge on any atom is -0.493 e. The van der Waals surface area contributed by atoms with E-state index >= 15 is 0 Å². The molecule has 1 amide bonds. The first-order valence-corrected chi connectivity index (χ1v) is 12.3. The highest BCUT2D eigenvalue weighted by Gasteiger charge is 2.28. The summed E-state index contributed by atoms with van der Waals surface area (Å²) in [7, 11) is -0.951. The summed E-state index contributed by atoms with van der Waals surface area (Å²) in [6.07, 6.45) is 0. The Morgan fingerprint density at radius 3 is 2.29 bits per heavy atom. The minimum atomic E-state index is -4.03. The number of benzene rings is 3. The number of rotatable bonds is 9. The zero-order valence-electron chi connectivity index (χ0n) is 19.4. The number of carbonyl (C=O) groups excluding carboxylic acids is 1. The number of hydrogen-bond donors (Lipinski definition) is 1. The first-order valence-electron chi connectivity index (χ1n) is 10.5. The van der Waals surface area contributed by atoms with E-state index in [1.54, 1.807) is 56.5 Å². The number of carbonyl (C=O) groups is 1. The highest BCUT2D eigenvalue weighted by atomic mass is 35.5. The molecule has 0 saturated carbocycles. The molecular weight excluding hydrogens is 476 g/mol. The normalized spacial score (nSPS) is 12.0. The van der Waals surface area contributed by atoms with Crippen molar-refractivity contribution in [1.29, 1.82) is 0 Å². The van der Waals surface area contributed by atoms with Gasteiger partial charge in [0.2, 0.25) is 5.91 Å². The van der Waals surface area contributed by atoms with E-state index in [9.17, 15) is 13.2 Å². The molecule has 0 aromatic heterocycles. The van der Waals surface area contributed by atoms with Gasteiger partial charge in [0.1, 0.15) is 6.54 Å². The van der Waals surface area contributed by atoms with Gasteiger partial charge in [-0.3, -0.25) is 9.10 Å². The van der Waals surface area contributed by atoms with Crippen molar-refractivity contribution in [2.45, 2.75) is 24.8 Å². The molecule has 3 aromatic carbocycles. The van der Waals surface area contributed by atoms with Crippen molar-refractivity contribution in [2.24, 2.45) is 0 Å². The monoisotopic (exact) mass is 502 g/mol. The van der Waals surface area contributed by atoms with Crippen LogP contribution in [0.25, 0.3) is 0 Å². The van der Waals surface area contributed by atoms with Crippen LogP contribution in [-0.4, -0.2) is 35.1 Å². The molecule has 180 valence electrons. The Kier molecular flexibility index (Phi) is 8.06. The smallest absolute Gasteiger partial charge is 0.264 e. The number of methoxy groups -OCH3 is 2. The lowest BCUT2D eigenvalue weighted by atomic mass is 10.1. The van der Waals surface area contributed by atoms with E-state index in [1.807, 2.05) is 13.0 Å². The van der Waals surface area contributed by atoms with Gasteiger partial charge in [-0.1, -0.05) is 41.4 Å². The van der Waals surface area contributed by atoms with Gasteiger partial charge in [-0.05, 0) is 61.9 Å². The van der Waals surface area contributed by atoms with Crippen LogP contribution in [0.2, 0.25) is 5.02 Å². The Balaban J connectivity index is 1.88. The van der Waals surface area contributed by atoms with Crippen LogP contribution in [0.1, 0.15) is 24.1 Å². The molecule has 0 saturated heterocycles. The predicted octanol–water partition coefficient (Wildman–Crippen LogP) is 4.74. The molecule has 1 unspecified atom stereocenters. The third kappa shape index (κ3) is 5.81. The summed E-state index contributed by atoms with van der Waals surface area (Å²) in [6, 6.07) is 17.8. The molecule has 0 radical (unpaired) electrons. The van der Waals surface area contributed by atoms with Crippen LogP contribution in [0, 0.1) is 6.92 Å². The minimum absolute atomic E-state index is 0.0822. The van der Waals surface area contributed by atoms with Crippen LogP contribution in [0.15, 0.2) is 71.6 Å². The van der Waals surface area contributed by atoms with E-state index in [2.05, 4.69) is 5.32 Å². The van der Waals surface area contributed by atoms with Crippen molar-refractivity contribution in [1.82, 2.24) is 5.32 Å². The average molecular weight is 503 g/mol. The SMILES string of the molecule is COc1ccc(C(C)NC(=O)CN(c2cccc(Cl)c2)S(=O)(=O)c2ccc(C)cc2)cc1OC. The second-order valence-electron chi connectivity index (χ2n) is 7.71. The lowest BCUT2D eigenvalue weighted by molar-refractivity contribution is -0.120. The molecule has 0 heterocycles. The fourth-order valence-corrected chi connectivity index (χ4v) is 5.00. The number of ether oxygens (including phenoxy) is 2. The number of halogens is 1. The molecule has 0 spiro atoms. The Morgan fingerprint density at radius 2 is 1.68 bits per heavy atom. The van der Waals surface area contributed by atoms with Gasteiger partial charge >= 0.3 is 0 Å². The van der Waals surface area contributed by atoms with Crippen molar-refractivity contribution in [3.05, 3.63) is 82.9 Å². The van der Waals surface area contributed by atoms with Crippen LogP contribution in [0.5, 0.6) is 11.5 Å². The molecule has 1 atom stereocenters. The Hall–Kier alpha value is -3.23. The number of nitrogens with zero attached hydrogens (tertiary/aromatic N) is 1. The van der Waals surface area contributed by atoms with Crippen LogP contribution < -0.4 is 19.1 Å². The standard InChI is InChI=1S/C25H27ClN2O5S/c1-17-8-11-22(12-9-17)34(30,31)28(21-7-5-6-20(26)15-21)16-25(29)27-18(2)19-10-13-23(32-3)24(14-19)33-4/h5-15,18H,16H2,1-4H3,(H,27,29). The summed E-state index contributed by atoms with van der Waals surface area (Å²) in [5.41, 5.74) is 2.00. The van der Waals surface area contributed by atoms with Crippen LogP contribution >= 0.6 is 11.6 Å². The quantitative estimate of drug-likeness (QED) is 0.457. The molecule has 0 bridgehead atoms. The molecular formula is C25H27ClN2O5S. The number of aryl methyl sites for hydroxylation is 1. The van der Waals surface area contributed by atoms with Crippen molar-refractivity contribution in [3.8, 4) is 11.5 Å². The predicted molar refractivity (Wildman–Crippen MR) is 133 cm³/mol. The molecule has 7 nitrogen and oxygen atoms in total. The van der Waals surface area contributed by atoms with E-state index in [0.717, 1.165) is 15.4 Å². The van der Waals surface area contributed by atoms with E-state index < -0.39 is 28.5 Å². The number of amides is 1. The second kappa shape index (κ2) is 10.8. The van der Waals surface area contributed by atoms with E-state index in [0.29, 0.717) is 22.2 Å². The molecule has 0 aliphatic heterocycles. The molecule has 9 heteroatoms. The van der Waals surface area contributed by atoms with Gasteiger partial charge in [-0.25, -0.2) is 8.42 Å². The van der Waals surface area contributed by atoms with Crippen molar-refractivity contribution in [3.63, 3.8) is 0 Å². The van der Waals surface area contributed by atoms with Gasteiger partial charge < -0.3 is 14.8 Å². The number of sulfonamides is 1. The number of anilines is 1. The number of hydrogen-bond acceptors (Lipinski definition) is 5. The molecule has 3 aromatic rings. The molecule has 0 aliphatic rings. The number of nitrogens with one attached hydrogen (secondary N) is 1. The summed E-state index contributed by atoms with van der Waals surface area (Å²) in [5, 5.41) is 3.22. The first-order chi connectivity index (χ1) is 16.1. The van der Waals surface area contributed by atoms with Gasteiger partial charge in [0, 0.05) is 5.02 Å². The second-order valence-corrected chi connectivity index (χ2v) is 10.0. The zero-order chi connectivity index (χ0) is 24.9. The Labute approximate surface area is 205 Å². The van der Waals surface area contributed by atoms with Gasteiger partial charge in [-0.2, -0.15) is 0 Å². The van der Waals surface area contributed by atoms with Gasteiger partial charge in [0.15, 0.2) is 11.5 Å². The molecule has 1 N–H and O–H groups in total. The summed E-state index contributed by atoms with van der Waals surface area (Å²) < 4.78 is 38.6. The summed E-state index contributed by atoms with van der Waals surface area (Å²) in [4.78, 5) is 13.1. The van der Waals surface area contributed by atoms with Crippen LogP contribution in [0.4, 0.5) is 5.69 Å². The Morgan fingerprint density at radius 1 is 1.00 bits per heavy atom. The van der Waals surface area contributed by atoms with Crippen LogP contribution in [-0.2, 0) is 14.8 Å². The van der Waals surface area contributed by atoms with E-state index in [-0.39, 0.29) is 4.90 Å². The summed E-state index contributed by atoms with van der Waals surface area (Å²) >= 11 is 6.12. The third-order valence-corrected chi connectivity index (χ3v) is 7.30. The molecule has 34 heavy (non-hydrogen) atoms. The summed E-state index contributed by atoms with van der Waals surface area (Å²) in [6.45, 7) is 3.25. The maximum atomic E-state index is 13.5. The maximum absolute atomic E-state index is 13.5. The van der Waals surface area contributed by atoms with Gasteiger partial charge in [0.25, 0.3) is 10.0 Å². The van der Waals surface area contributed by atoms with Crippen molar-refractivity contribution < 1.29 is 22.7 Å². The maximum Gasteiger partial charge on any atom is 0.264 e. The van der Waals surface area contributed by atoms with Crippen molar-refractivity contribution in [2.75, 3.05) is 25.1 Å². The molecule has 0 fully saturated rings. The fraction of sp³-hybridized carbons (Fsp3) is 0.240. The Bertz CT molecular complexity index is 1260. The lowest BCUT2D eigenvalue weighted by Crippen LogP contribution is -2.41. The average Bonchev–Trinajstić information content (AvgIpc) is 2.82. The van der Waals surface area contributed by atoms with E-state index in [1.165, 1.54) is 25.3 Å². The largest absolute Gasteiger partial charge is 0.493 e. The van der Waals surface area contributed by atoms with Crippen molar-refractivity contribution >= 4 is 33.2 Å². The van der Waals surface area contributed by atoms with Gasteiger partial charge in [-0.15, -0.1) is 0 Å². The van der Waals surface area contributed by atoms with Crippen LogP contribution in [0.3, 0.4) is 0 Å². The molecule has 0 aliphatic carbocycles. The topological polar surface area (TPSA) is 84.9 Å². The lowest BCUT2D eigenvalue weighted by Gasteiger charge is -2.25. The summed E-state index contributed by atoms with van der Waals surface area (Å²) in [5.74, 6) is 0.627. The fourth-order valence-electron chi connectivity index (χ4n) is 3.41. The van der Waals surface area contributed by atoms with Gasteiger partial charge in [0.05, 0.1) is 30.8 Å². The first kappa shape index (κ1) is 25.4. The van der Waals surface area contributed by atoms with E-state index in [4.69, 9.17) is 21.1 Å². The zero-order valence-corrected chi connectivity index (χ0v) is 21.0. The highest BCUT2D eigenvalue weighted by Crippen LogP contribution is 2.30. The third-order valence-electron chi connectivity index (χ3n) is 5.28.